The number of rotatable bonds is 4. The van der Waals surface area contributed by atoms with Crippen molar-refractivity contribution in [3.63, 3.8) is 0 Å². The highest BCUT2D eigenvalue weighted by atomic mass is 32.1. The SMILES string of the molecule is CCc1ccc(-c2nc(C(C)(C)C(=O)O)cs2)cc1. The first kappa shape index (κ1) is 13.7. The van der Waals surface area contributed by atoms with E-state index in [2.05, 4.69) is 24.0 Å². The maximum absolute atomic E-state index is 11.2. The van der Waals surface area contributed by atoms with Gasteiger partial charge in [-0.2, -0.15) is 0 Å². The van der Waals surface area contributed by atoms with Gasteiger partial charge in [0.05, 0.1) is 5.69 Å². The Hall–Kier alpha value is -1.68. The van der Waals surface area contributed by atoms with Crippen molar-refractivity contribution < 1.29 is 9.90 Å². The van der Waals surface area contributed by atoms with E-state index in [1.807, 2.05) is 17.5 Å². The molecule has 1 aromatic carbocycles. The summed E-state index contributed by atoms with van der Waals surface area (Å²) in [7, 11) is 0. The molecule has 3 nitrogen and oxygen atoms in total. The number of carbonyl (C=O) groups is 1. The fraction of sp³-hybridized carbons (Fsp3) is 0.333. The minimum absolute atomic E-state index is 0.611. The van der Waals surface area contributed by atoms with Crippen molar-refractivity contribution >= 4 is 17.3 Å². The number of aryl methyl sites for hydroxylation is 1. The third kappa shape index (κ3) is 2.68. The molecule has 0 fully saturated rings. The number of nitrogens with zero attached hydrogens (tertiary/aromatic N) is 1. The van der Waals surface area contributed by atoms with Crippen LogP contribution in [0.4, 0.5) is 0 Å². The second-order valence-electron chi connectivity index (χ2n) is 5.02. The van der Waals surface area contributed by atoms with E-state index < -0.39 is 11.4 Å². The van der Waals surface area contributed by atoms with Crippen LogP contribution in [0.25, 0.3) is 10.6 Å². The fourth-order valence-corrected chi connectivity index (χ4v) is 2.68. The van der Waals surface area contributed by atoms with Crippen LogP contribution in [0.3, 0.4) is 0 Å². The summed E-state index contributed by atoms with van der Waals surface area (Å²) in [5.41, 5.74) is 1.98. The lowest BCUT2D eigenvalue weighted by atomic mass is 9.90. The summed E-state index contributed by atoms with van der Waals surface area (Å²) in [6.07, 6.45) is 1.01. The monoisotopic (exact) mass is 275 g/mol. The fourth-order valence-electron chi connectivity index (χ4n) is 1.69. The van der Waals surface area contributed by atoms with Crippen LogP contribution in [-0.4, -0.2) is 16.1 Å². The molecule has 100 valence electrons. The van der Waals surface area contributed by atoms with Gasteiger partial charge in [-0.3, -0.25) is 4.79 Å². The number of carboxylic acids is 1. The van der Waals surface area contributed by atoms with Gasteiger partial charge in [0.25, 0.3) is 0 Å². The van der Waals surface area contributed by atoms with Gasteiger partial charge in [-0.1, -0.05) is 31.2 Å². The molecule has 0 saturated carbocycles. The summed E-state index contributed by atoms with van der Waals surface area (Å²) < 4.78 is 0. The number of hydrogen-bond donors (Lipinski definition) is 1. The summed E-state index contributed by atoms with van der Waals surface area (Å²) in [6.45, 7) is 5.47. The van der Waals surface area contributed by atoms with E-state index in [4.69, 9.17) is 0 Å². The van der Waals surface area contributed by atoms with Crippen LogP contribution in [-0.2, 0) is 16.6 Å². The van der Waals surface area contributed by atoms with Gasteiger partial charge in [-0.05, 0) is 25.8 Å². The lowest BCUT2D eigenvalue weighted by molar-refractivity contribution is -0.142. The van der Waals surface area contributed by atoms with Gasteiger partial charge in [-0.25, -0.2) is 4.98 Å². The summed E-state index contributed by atoms with van der Waals surface area (Å²) in [4.78, 5) is 15.7. The largest absolute Gasteiger partial charge is 0.481 e. The molecule has 0 bridgehead atoms. The summed E-state index contributed by atoms with van der Waals surface area (Å²) >= 11 is 1.49. The van der Waals surface area contributed by atoms with E-state index in [-0.39, 0.29) is 0 Å². The minimum atomic E-state index is -0.946. The average Bonchev–Trinajstić information content (AvgIpc) is 2.89. The Bertz CT molecular complexity index is 584. The Kier molecular flexibility index (Phi) is 3.71. The van der Waals surface area contributed by atoms with Crippen molar-refractivity contribution in [3.05, 3.63) is 40.9 Å². The molecule has 19 heavy (non-hydrogen) atoms. The van der Waals surface area contributed by atoms with Crippen LogP contribution in [0.15, 0.2) is 29.6 Å². The Labute approximate surface area is 116 Å². The lowest BCUT2D eigenvalue weighted by Crippen LogP contribution is -2.28. The van der Waals surface area contributed by atoms with Crippen molar-refractivity contribution in [2.24, 2.45) is 0 Å². The van der Waals surface area contributed by atoms with E-state index in [9.17, 15) is 9.90 Å². The molecule has 1 aromatic heterocycles. The predicted octanol–water partition coefficient (Wildman–Crippen LogP) is 3.73. The van der Waals surface area contributed by atoms with Crippen LogP contribution in [0.1, 0.15) is 32.0 Å². The second kappa shape index (κ2) is 5.13. The van der Waals surface area contributed by atoms with Crippen LogP contribution in [0, 0.1) is 0 Å². The van der Waals surface area contributed by atoms with Crippen LogP contribution < -0.4 is 0 Å². The molecule has 0 amide bonds. The lowest BCUT2D eigenvalue weighted by Gasteiger charge is -2.15. The third-order valence-corrected chi connectivity index (χ3v) is 4.18. The van der Waals surface area contributed by atoms with Gasteiger partial charge in [0.15, 0.2) is 0 Å². The molecule has 0 aliphatic rings. The number of aliphatic carboxylic acids is 1. The first-order valence-corrected chi connectivity index (χ1v) is 7.12. The molecule has 0 spiro atoms. The Morgan fingerprint density at radius 2 is 1.95 bits per heavy atom. The van der Waals surface area contributed by atoms with Crippen LogP contribution in [0.5, 0.6) is 0 Å². The average molecular weight is 275 g/mol. The van der Waals surface area contributed by atoms with E-state index in [0.717, 1.165) is 17.0 Å². The quantitative estimate of drug-likeness (QED) is 0.924. The highest BCUT2D eigenvalue weighted by Crippen LogP contribution is 2.30. The molecule has 2 aromatic rings. The number of hydrogen-bond acceptors (Lipinski definition) is 3. The van der Waals surface area contributed by atoms with E-state index >= 15 is 0 Å². The van der Waals surface area contributed by atoms with Crippen molar-refractivity contribution in [1.29, 1.82) is 0 Å². The van der Waals surface area contributed by atoms with Crippen molar-refractivity contribution in [2.75, 3.05) is 0 Å². The number of thiazole rings is 1. The zero-order valence-corrected chi connectivity index (χ0v) is 12.1. The van der Waals surface area contributed by atoms with Crippen molar-refractivity contribution in [2.45, 2.75) is 32.6 Å². The highest BCUT2D eigenvalue weighted by molar-refractivity contribution is 7.13. The minimum Gasteiger partial charge on any atom is -0.481 e. The molecule has 4 heteroatoms. The van der Waals surface area contributed by atoms with Gasteiger partial charge in [0, 0.05) is 10.9 Å². The molecule has 0 aliphatic carbocycles. The molecule has 1 heterocycles. The molecule has 0 radical (unpaired) electrons. The summed E-state index contributed by atoms with van der Waals surface area (Å²) in [6, 6.07) is 8.24. The van der Waals surface area contributed by atoms with Crippen molar-refractivity contribution in [3.8, 4) is 10.6 Å². The third-order valence-electron chi connectivity index (χ3n) is 3.29. The van der Waals surface area contributed by atoms with Gasteiger partial charge < -0.3 is 5.11 Å². The smallest absolute Gasteiger partial charge is 0.315 e. The molecule has 0 aliphatic heterocycles. The number of aromatic nitrogens is 1. The normalized spacial score (nSPS) is 11.5. The van der Waals surface area contributed by atoms with Gasteiger partial charge in [-0.15, -0.1) is 11.3 Å². The Morgan fingerprint density at radius 3 is 2.47 bits per heavy atom. The van der Waals surface area contributed by atoms with Gasteiger partial charge in [0.2, 0.25) is 0 Å². The number of carboxylic acid groups (broad SMARTS) is 1. The molecule has 0 atom stereocenters. The predicted molar refractivity (Wildman–Crippen MR) is 77.6 cm³/mol. The molecule has 0 unspecified atom stereocenters. The molecular formula is C15H17NO2S. The first-order valence-electron chi connectivity index (χ1n) is 6.24. The molecule has 0 saturated heterocycles. The number of benzene rings is 1. The standard InChI is InChI=1S/C15H17NO2S/c1-4-10-5-7-11(8-6-10)13-16-12(9-19-13)15(2,3)14(17)18/h5-9H,4H2,1-3H3,(H,17,18). The second-order valence-corrected chi connectivity index (χ2v) is 5.88. The van der Waals surface area contributed by atoms with E-state index in [0.29, 0.717) is 5.69 Å². The Morgan fingerprint density at radius 1 is 1.32 bits per heavy atom. The van der Waals surface area contributed by atoms with Gasteiger partial charge >= 0.3 is 5.97 Å². The Balaban J connectivity index is 2.32. The maximum atomic E-state index is 11.2. The highest BCUT2D eigenvalue weighted by Gasteiger charge is 2.32. The zero-order chi connectivity index (χ0) is 14.0. The first-order chi connectivity index (χ1) is 8.95. The zero-order valence-electron chi connectivity index (χ0n) is 11.3. The molecule has 2 rings (SSSR count). The van der Waals surface area contributed by atoms with Gasteiger partial charge in [0.1, 0.15) is 10.4 Å². The van der Waals surface area contributed by atoms with Crippen LogP contribution in [0.2, 0.25) is 0 Å². The summed E-state index contributed by atoms with van der Waals surface area (Å²) in [5.74, 6) is -0.856. The molecule has 1 N–H and O–H groups in total. The van der Waals surface area contributed by atoms with Crippen molar-refractivity contribution in [1.82, 2.24) is 4.98 Å². The summed E-state index contributed by atoms with van der Waals surface area (Å²) in [5, 5.41) is 11.9. The van der Waals surface area contributed by atoms with Crippen LogP contribution >= 0.6 is 11.3 Å². The maximum Gasteiger partial charge on any atom is 0.315 e. The molecular weight excluding hydrogens is 258 g/mol. The topological polar surface area (TPSA) is 50.2 Å². The van der Waals surface area contributed by atoms with E-state index in [1.165, 1.54) is 16.9 Å². The van der Waals surface area contributed by atoms with E-state index in [1.54, 1.807) is 13.8 Å².